The van der Waals surface area contributed by atoms with Crippen LogP contribution in [-0.4, -0.2) is 46.8 Å². The molecule has 150 valence electrons. The molecule has 5 nitrogen and oxygen atoms in total. The van der Waals surface area contributed by atoms with Crippen LogP contribution in [-0.2, 0) is 6.42 Å². The van der Waals surface area contributed by atoms with E-state index in [0.29, 0.717) is 5.92 Å². The van der Waals surface area contributed by atoms with Gasteiger partial charge in [-0.3, -0.25) is 4.99 Å². The van der Waals surface area contributed by atoms with E-state index >= 15 is 0 Å². The highest BCUT2D eigenvalue weighted by atomic mass is 15.3. The Hall–Kier alpha value is -3.08. The van der Waals surface area contributed by atoms with Crippen molar-refractivity contribution in [2.75, 3.05) is 26.2 Å². The van der Waals surface area contributed by atoms with Crippen molar-refractivity contribution in [3.05, 3.63) is 84.2 Å². The van der Waals surface area contributed by atoms with Gasteiger partial charge >= 0.3 is 0 Å². The number of hydrogen-bond acceptors (Lipinski definition) is 2. The van der Waals surface area contributed by atoms with Crippen molar-refractivity contribution >= 4 is 5.96 Å². The lowest BCUT2D eigenvalue weighted by atomic mass is 9.99. The van der Waals surface area contributed by atoms with Crippen molar-refractivity contribution in [2.24, 2.45) is 4.99 Å². The minimum atomic E-state index is 0.587. The van der Waals surface area contributed by atoms with Crippen LogP contribution in [0.5, 0.6) is 0 Å². The summed E-state index contributed by atoms with van der Waals surface area (Å²) in [5, 5.41) is 7.95. The van der Waals surface area contributed by atoms with Gasteiger partial charge in [-0.05, 0) is 43.0 Å². The van der Waals surface area contributed by atoms with Gasteiger partial charge in [-0.15, -0.1) is 0 Å². The Bertz CT molecular complexity index is 917. The summed E-state index contributed by atoms with van der Waals surface area (Å²) in [7, 11) is 0. The zero-order valence-corrected chi connectivity index (χ0v) is 17.0. The Morgan fingerprint density at radius 1 is 1.10 bits per heavy atom. The Morgan fingerprint density at radius 3 is 2.62 bits per heavy atom. The van der Waals surface area contributed by atoms with Gasteiger partial charge in [0, 0.05) is 38.3 Å². The first-order chi connectivity index (χ1) is 14.3. The van der Waals surface area contributed by atoms with Crippen molar-refractivity contribution in [3.63, 3.8) is 0 Å². The van der Waals surface area contributed by atoms with E-state index in [0.717, 1.165) is 44.2 Å². The molecule has 1 aliphatic heterocycles. The molecule has 1 unspecified atom stereocenters. The number of aromatic nitrogens is 2. The maximum Gasteiger partial charge on any atom is 0.193 e. The summed E-state index contributed by atoms with van der Waals surface area (Å²) in [5.74, 6) is 1.62. The minimum Gasteiger partial charge on any atom is -0.357 e. The van der Waals surface area contributed by atoms with E-state index < -0.39 is 0 Å². The fourth-order valence-electron chi connectivity index (χ4n) is 3.88. The molecule has 1 aliphatic rings. The lowest BCUT2D eigenvalue weighted by Crippen LogP contribution is -2.40. The number of hydrogen-bond donors (Lipinski definition) is 1. The number of guanidine groups is 1. The van der Waals surface area contributed by atoms with E-state index in [1.54, 1.807) is 0 Å². The second kappa shape index (κ2) is 9.41. The molecule has 1 aromatic heterocycles. The molecule has 1 fully saturated rings. The average molecular weight is 388 g/mol. The number of likely N-dealkylation sites (tertiary alicyclic amines) is 1. The molecule has 3 aromatic rings. The molecule has 2 aromatic carbocycles. The molecule has 0 spiro atoms. The predicted octanol–water partition coefficient (Wildman–Crippen LogP) is 3.87. The largest absolute Gasteiger partial charge is 0.357 e. The van der Waals surface area contributed by atoms with E-state index in [4.69, 9.17) is 4.99 Å². The summed E-state index contributed by atoms with van der Waals surface area (Å²) in [5.41, 5.74) is 3.72. The molecule has 29 heavy (non-hydrogen) atoms. The van der Waals surface area contributed by atoms with E-state index in [9.17, 15) is 0 Å². The molecule has 0 saturated carbocycles. The van der Waals surface area contributed by atoms with Gasteiger partial charge in [0.15, 0.2) is 5.96 Å². The van der Waals surface area contributed by atoms with Gasteiger partial charge in [-0.2, -0.15) is 5.10 Å². The van der Waals surface area contributed by atoms with Crippen molar-refractivity contribution in [1.29, 1.82) is 0 Å². The Kier molecular flexibility index (Phi) is 6.25. The molecule has 4 rings (SSSR count). The number of nitrogens with zero attached hydrogens (tertiary/aromatic N) is 4. The second-order valence-electron chi connectivity index (χ2n) is 7.46. The highest BCUT2D eigenvalue weighted by Gasteiger charge is 2.25. The molecule has 1 saturated heterocycles. The van der Waals surface area contributed by atoms with Gasteiger partial charge in [-0.25, -0.2) is 4.68 Å². The van der Waals surface area contributed by atoms with E-state index in [1.807, 2.05) is 29.1 Å². The standard InChI is InChI=1S/C24H29N5/c1-2-25-24(28-16-14-22(19-28)21-9-5-3-6-10-21)26-15-13-20-17-27-29(18-20)23-11-7-4-8-12-23/h3-12,17-18,22H,2,13-16,19H2,1H3,(H,25,26). The van der Waals surface area contributed by atoms with Crippen molar-refractivity contribution in [1.82, 2.24) is 20.0 Å². The maximum absolute atomic E-state index is 4.90. The normalized spacial score (nSPS) is 16.9. The van der Waals surface area contributed by atoms with Crippen molar-refractivity contribution in [2.45, 2.75) is 25.7 Å². The summed E-state index contributed by atoms with van der Waals surface area (Å²) < 4.78 is 1.93. The molecule has 0 bridgehead atoms. The number of para-hydroxylation sites is 1. The van der Waals surface area contributed by atoms with E-state index in [-0.39, 0.29) is 0 Å². The molecule has 2 heterocycles. The van der Waals surface area contributed by atoms with Crippen molar-refractivity contribution < 1.29 is 0 Å². The Balaban J connectivity index is 1.36. The monoisotopic (exact) mass is 387 g/mol. The van der Waals surface area contributed by atoms with Crippen LogP contribution in [0.3, 0.4) is 0 Å². The quantitative estimate of drug-likeness (QED) is 0.516. The fraction of sp³-hybridized carbons (Fsp3) is 0.333. The average Bonchev–Trinajstić information content (AvgIpc) is 3.45. The third-order valence-corrected chi connectivity index (χ3v) is 5.41. The molecule has 0 amide bonds. The first-order valence-electron chi connectivity index (χ1n) is 10.5. The highest BCUT2D eigenvalue weighted by Crippen LogP contribution is 2.26. The zero-order chi connectivity index (χ0) is 19.9. The Labute approximate surface area is 173 Å². The van der Waals surface area contributed by atoms with Crippen LogP contribution in [0.4, 0.5) is 0 Å². The smallest absolute Gasteiger partial charge is 0.193 e. The summed E-state index contributed by atoms with van der Waals surface area (Å²) in [4.78, 5) is 7.29. The van der Waals surface area contributed by atoms with Crippen LogP contribution in [0, 0.1) is 0 Å². The lowest BCUT2D eigenvalue weighted by molar-refractivity contribution is 0.486. The highest BCUT2D eigenvalue weighted by molar-refractivity contribution is 5.80. The first kappa shape index (κ1) is 19.2. The van der Waals surface area contributed by atoms with E-state index in [1.165, 1.54) is 17.5 Å². The Morgan fingerprint density at radius 2 is 1.86 bits per heavy atom. The minimum absolute atomic E-state index is 0.587. The third kappa shape index (κ3) is 4.86. The molecule has 1 atom stereocenters. The molecular formula is C24H29N5. The van der Waals surface area contributed by atoms with Crippen LogP contribution in [0.1, 0.15) is 30.4 Å². The molecule has 5 heteroatoms. The summed E-state index contributed by atoms with van der Waals surface area (Å²) in [6.07, 6.45) is 6.10. The summed E-state index contributed by atoms with van der Waals surface area (Å²) >= 11 is 0. The van der Waals surface area contributed by atoms with Gasteiger partial charge in [0.1, 0.15) is 0 Å². The SMILES string of the molecule is CCNC(=NCCc1cnn(-c2ccccc2)c1)N1CCC(c2ccccc2)C1. The van der Waals surface area contributed by atoms with Crippen molar-refractivity contribution in [3.8, 4) is 5.69 Å². The number of rotatable bonds is 6. The second-order valence-corrected chi connectivity index (χ2v) is 7.46. The number of aliphatic imine (C=N–C) groups is 1. The zero-order valence-electron chi connectivity index (χ0n) is 17.0. The van der Waals surface area contributed by atoms with Crippen LogP contribution in [0.15, 0.2) is 78.0 Å². The molecule has 0 aliphatic carbocycles. The van der Waals surface area contributed by atoms with Crippen LogP contribution in [0.25, 0.3) is 5.69 Å². The van der Waals surface area contributed by atoms with Gasteiger partial charge < -0.3 is 10.2 Å². The van der Waals surface area contributed by atoms with Crippen LogP contribution < -0.4 is 5.32 Å². The topological polar surface area (TPSA) is 45.5 Å². The molecule has 1 N–H and O–H groups in total. The molecular weight excluding hydrogens is 358 g/mol. The predicted molar refractivity (Wildman–Crippen MR) is 119 cm³/mol. The third-order valence-electron chi connectivity index (χ3n) is 5.41. The molecule has 0 radical (unpaired) electrons. The summed E-state index contributed by atoms with van der Waals surface area (Å²) in [6, 6.07) is 21.0. The van der Waals surface area contributed by atoms with Gasteiger partial charge in [-0.1, -0.05) is 48.5 Å². The number of benzene rings is 2. The summed E-state index contributed by atoms with van der Waals surface area (Å²) in [6.45, 7) is 5.86. The van der Waals surface area contributed by atoms with Gasteiger partial charge in [0.25, 0.3) is 0 Å². The fourth-order valence-corrected chi connectivity index (χ4v) is 3.88. The number of nitrogens with one attached hydrogen (secondary N) is 1. The maximum atomic E-state index is 4.90. The van der Waals surface area contributed by atoms with Gasteiger partial charge in [0.05, 0.1) is 11.9 Å². The van der Waals surface area contributed by atoms with E-state index in [2.05, 4.69) is 70.9 Å². The van der Waals surface area contributed by atoms with Crippen LogP contribution >= 0.6 is 0 Å². The first-order valence-corrected chi connectivity index (χ1v) is 10.5. The van der Waals surface area contributed by atoms with Crippen LogP contribution in [0.2, 0.25) is 0 Å². The van der Waals surface area contributed by atoms with Gasteiger partial charge in [0.2, 0.25) is 0 Å². The lowest BCUT2D eigenvalue weighted by Gasteiger charge is -2.21.